The summed E-state index contributed by atoms with van der Waals surface area (Å²) in [5, 5.41) is 3.04. The molecule has 2 heterocycles. The molecular weight excluding hydrogens is 270 g/mol. The minimum atomic E-state index is 0.0860. The second-order valence-electron chi connectivity index (χ2n) is 5.74. The number of anilines is 1. The number of carbonyl (C=O) groups is 1. The first-order valence-electron chi connectivity index (χ1n) is 7.50. The van der Waals surface area contributed by atoms with E-state index in [-0.39, 0.29) is 6.03 Å². The van der Waals surface area contributed by atoms with E-state index in [1.54, 1.807) is 0 Å². The highest BCUT2D eigenvalue weighted by atomic mass is 16.7. The Hall–Kier alpha value is -2.11. The van der Waals surface area contributed by atoms with Gasteiger partial charge in [0.25, 0.3) is 0 Å². The number of benzene rings is 1. The van der Waals surface area contributed by atoms with Gasteiger partial charge in [0, 0.05) is 44.0 Å². The Labute approximate surface area is 123 Å². The maximum atomic E-state index is 12.0. The summed E-state index contributed by atoms with van der Waals surface area (Å²) in [6.07, 6.45) is 2.26. The van der Waals surface area contributed by atoms with Crippen molar-refractivity contribution in [1.29, 1.82) is 0 Å². The average molecular weight is 289 g/mol. The highest BCUT2D eigenvalue weighted by molar-refractivity contribution is 5.75. The summed E-state index contributed by atoms with van der Waals surface area (Å²) < 4.78 is 10.7. The largest absolute Gasteiger partial charge is 0.454 e. The van der Waals surface area contributed by atoms with Crippen LogP contribution >= 0.6 is 0 Å². The van der Waals surface area contributed by atoms with Crippen molar-refractivity contribution in [2.75, 3.05) is 37.9 Å². The van der Waals surface area contributed by atoms with Crippen LogP contribution < -0.4 is 19.7 Å². The summed E-state index contributed by atoms with van der Waals surface area (Å²) in [7, 11) is 0. The molecule has 0 spiro atoms. The van der Waals surface area contributed by atoms with E-state index >= 15 is 0 Å². The Bertz CT molecular complexity index is 551. The Kier molecular flexibility index (Phi) is 3.02. The second-order valence-corrected chi connectivity index (χ2v) is 5.74. The molecule has 21 heavy (non-hydrogen) atoms. The smallest absolute Gasteiger partial charge is 0.317 e. The number of hydrogen-bond acceptors (Lipinski definition) is 4. The molecule has 0 unspecified atom stereocenters. The van der Waals surface area contributed by atoms with E-state index in [1.165, 1.54) is 0 Å². The summed E-state index contributed by atoms with van der Waals surface area (Å²) in [5.74, 6) is 1.61. The molecule has 1 saturated heterocycles. The topological polar surface area (TPSA) is 54.0 Å². The van der Waals surface area contributed by atoms with Crippen LogP contribution in [0.4, 0.5) is 10.5 Å². The molecule has 2 fully saturated rings. The SMILES string of the molecule is O=C(NC1CC1)N1CCN(c2ccc3c(c2)OCO3)CC1. The van der Waals surface area contributed by atoms with Crippen molar-refractivity contribution in [2.24, 2.45) is 0 Å². The molecule has 4 rings (SSSR count). The summed E-state index contributed by atoms with van der Waals surface area (Å²) in [5.41, 5.74) is 1.13. The quantitative estimate of drug-likeness (QED) is 0.894. The van der Waals surface area contributed by atoms with Gasteiger partial charge in [-0.25, -0.2) is 4.79 Å². The minimum Gasteiger partial charge on any atom is -0.454 e. The number of amides is 2. The van der Waals surface area contributed by atoms with E-state index in [9.17, 15) is 4.79 Å². The average Bonchev–Trinajstić information content (AvgIpc) is 3.21. The van der Waals surface area contributed by atoms with E-state index in [1.807, 2.05) is 23.1 Å². The van der Waals surface area contributed by atoms with Gasteiger partial charge in [-0.3, -0.25) is 0 Å². The van der Waals surface area contributed by atoms with Crippen LogP contribution in [0.25, 0.3) is 0 Å². The van der Waals surface area contributed by atoms with Crippen molar-refractivity contribution in [3.63, 3.8) is 0 Å². The van der Waals surface area contributed by atoms with Gasteiger partial charge < -0.3 is 24.6 Å². The van der Waals surface area contributed by atoms with Crippen LogP contribution in [0.3, 0.4) is 0 Å². The van der Waals surface area contributed by atoms with Gasteiger partial charge in [0.2, 0.25) is 6.79 Å². The molecule has 2 aliphatic heterocycles. The van der Waals surface area contributed by atoms with Crippen LogP contribution in [0, 0.1) is 0 Å². The fraction of sp³-hybridized carbons (Fsp3) is 0.533. The minimum absolute atomic E-state index is 0.0860. The van der Waals surface area contributed by atoms with Gasteiger partial charge in [-0.05, 0) is 25.0 Å². The number of piperazine rings is 1. The molecule has 0 bridgehead atoms. The fourth-order valence-electron chi connectivity index (χ4n) is 2.74. The second kappa shape index (κ2) is 5.02. The Morgan fingerprint density at radius 3 is 2.62 bits per heavy atom. The van der Waals surface area contributed by atoms with Crippen molar-refractivity contribution in [3.05, 3.63) is 18.2 Å². The Morgan fingerprint density at radius 1 is 1.10 bits per heavy atom. The van der Waals surface area contributed by atoms with Crippen LogP contribution in [0.5, 0.6) is 11.5 Å². The molecule has 6 heteroatoms. The van der Waals surface area contributed by atoms with Gasteiger partial charge in [-0.2, -0.15) is 0 Å². The number of fused-ring (bicyclic) bond motifs is 1. The van der Waals surface area contributed by atoms with E-state index < -0.39 is 0 Å². The normalized spacial score (nSPS) is 20.6. The monoisotopic (exact) mass is 289 g/mol. The van der Waals surface area contributed by atoms with Crippen molar-refractivity contribution < 1.29 is 14.3 Å². The van der Waals surface area contributed by atoms with Gasteiger partial charge >= 0.3 is 6.03 Å². The zero-order valence-electron chi connectivity index (χ0n) is 11.9. The standard InChI is InChI=1S/C15H19N3O3/c19-15(16-11-1-2-11)18-7-5-17(6-8-18)12-3-4-13-14(9-12)21-10-20-13/h3-4,9,11H,1-2,5-8,10H2,(H,16,19). The van der Waals surface area contributed by atoms with Crippen LogP contribution in [-0.4, -0.2) is 49.9 Å². The lowest BCUT2D eigenvalue weighted by Gasteiger charge is -2.36. The van der Waals surface area contributed by atoms with Crippen LogP contribution in [-0.2, 0) is 0 Å². The molecule has 1 aromatic carbocycles. The van der Waals surface area contributed by atoms with E-state index in [0.29, 0.717) is 12.8 Å². The number of hydrogen-bond donors (Lipinski definition) is 1. The molecule has 2 amide bonds. The number of rotatable bonds is 2. The summed E-state index contributed by atoms with van der Waals surface area (Å²) in [4.78, 5) is 16.2. The number of urea groups is 1. The zero-order valence-corrected chi connectivity index (χ0v) is 11.9. The molecule has 1 aromatic rings. The molecule has 3 aliphatic rings. The van der Waals surface area contributed by atoms with Gasteiger partial charge in [0.1, 0.15) is 0 Å². The fourth-order valence-corrected chi connectivity index (χ4v) is 2.74. The Balaban J connectivity index is 1.37. The lowest BCUT2D eigenvalue weighted by Crippen LogP contribution is -2.52. The number of ether oxygens (including phenoxy) is 2. The summed E-state index contributed by atoms with van der Waals surface area (Å²) in [6.45, 7) is 3.50. The first-order valence-corrected chi connectivity index (χ1v) is 7.50. The maximum Gasteiger partial charge on any atom is 0.317 e. The molecule has 6 nitrogen and oxygen atoms in total. The predicted molar refractivity (Wildman–Crippen MR) is 77.9 cm³/mol. The third kappa shape index (κ3) is 2.57. The maximum absolute atomic E-state index is 12.0. The van der Waals surface area contributed by atoms with Gasteiger partial charge in [-0.1, -0.05) is 0 Å². The molecule has 1 saturated carbocycles. The van der Waals surface area contributed by atoms with Crippen LogP contribution in [0.15, 0.2) is 18.2 Å². The highest BCUT2D eigenvalue weighted by Gasteiger charge is 2.28. The molecular formula is C15H19N3O3. The van der Waals surface area contributed by atoms with Crippen molar-refractivity contribution >= 4 is 11.7 Å². The zero-order chi connectivity index (χ0) is 14.2. The van der Waals surface area contributed by atoms with Gasteiger partial charge in [0.05, 0.1) is 0 Å². The first-order chi connectivity index (χ1) is 10.3. The van der Waals surface area contributed by atoms with Gasteiger partial charge in [-0.15, -0.1) is 0 Å². The van der Waals surface area contributed by atoms with E-state index in [0.717, 1.165) is 56.2 Å². The lowest BCUT2D eigenvalue weighted by molar-refractivity contribution is 0.174. The molecule has 0 atom stereocenters. The highest BCUT2D eigenvalue weighted by Crippen LogP contribution is 2.35. The lowest BCUT2D eigenvalue weighted by atomic mass is 10.2. The number of nitrogens with one attached hydrogen (secondary N) is 1. The molecule has 1 N–H and O–H groups in total. The van der Waals surface area contributed by atoms with Crippen LogP contribution in [0.2, 0.25) is 0 Å². The Morgan fingerprint density at radius 2 is 1.86 bits per heavy atom. The third-order valence-corrected chi connectivity index (χ3v) is 4.19. The summed E-state index contributed by atoms with van der Waals surface area (Å²) in [6, 6.07) is 6.52. The van der Waals surface area contributed by atoms with Crippen LogP contribution in [0.1, 0.15) is 12.8 Å². The number of nitrogens with zero attached hydrogens (tertiary/aromatic N) is 2. The molecule has 1 aliphatic carbocycles. The summed E-state index contributed by atoms with van der Waals surface area (Å²) >= 11 is 0. The molecule has 0 aromatic heterocycles. The van der Waals surface area contributed by atoms with Crippen molar-refractivity contribution in [2.45, 2.75) is 18.9 Å². The van der Waals surface area contributed by atoms with E-state index in [2.05, 4.69) is 10.2 Å². The van der Waals surface area contributed by atoms with E-state index in [4.69, 9.17) is 9.47 Å². The predicted octanol–water partition coefficient (Wildman–Crippen LogP) is 1.41. The third-order valence-electron chi connectivity index (χ3n) is 4.19. The number of carbonyl (C=O) groups excluding carboxylic acids is 1. The molecule has 0 radical (unpaired) electrons. The molecule has 112 valence electrons. The van der Waals surface area contributed by atoms with Gasteiger partial charge in [0.15, 0.2) is 11.5 Å². The van der Waals surface area contributed by atoms with Crippen molar-refractivity contribution in [3.8, 4) is 11.5 Å². The first kappa shape index (κ1) is 12.6. The van der Waals surface area contributed by atoms with Crippen molar-refractivity contribution in [1.82, 2.24) is 10.2 Å².